The van der Waals surface area contributed by atoms with E-state index in [0.717, 1.165) is 67.2 Å². The number of aryl methyl sites for hydroxylation is 3. The number of aromatic nitrogens is 1. The van der Waals surface area contributed by atoms with Crippen LogP contribution >= 0.6 is 0 Å². The number of carbonyl (C=O) groups is 2. The molecular formula is C30H42N4O2. The number of para-hydroxylation sites is 1. The molecule has 1 aliphatic heterocycles. The zero-order valence-corrected chi connectivity index (χ0v) is 22.5. The Bertz CT molecular complexity index is 1100. The fourth-order valence-corrected chi connectivity index (χ4v) is 5.60. The van der Waals surface area contributed by atoms with Crippen molar-refractivity contribution in [3.63, 3.8) is 0 Å². The number of hydrogen-bond donors (Lipinski definition) is 1. The van der Waals surface area contributed by atoms with Crippen LogP contribution in [0.2, 0.25) is 0 Å². The average Bonchev–Trinajstić information content (AvgIpc) is 3.15. The topological polar surface area (TPSA) is 57.6 Å². The highest BCUT2D eigenvalue weighted by Crippen LogP contribution is 2.23. The number of anilines is 1. The summed E-state index contributed by atoms with van der Waals surface area (Å²) in [6.45, 7) is 13.2. The summed E-state index contributed by atoms with van der Waals surface area (Å²) in [4.78, 5) is 30.2. The molecule has 1 aromatic heterocycles. The Morgan fingerprint density at radius 1 is 0.917 bits per heavy atom. The molecule has 0 bridgehead atoms. The molecule has 4 rings (SSSR count). The van der Waals surface area contributed by atoms with Gasteiger partial charge < -0.3 is 9.88 Å². The van der Waals surface area contributed by atoms with Gasteiger partial charge in [0.25, 0.3) is 0 Å². The van der Waals surface area contributed by atoms with Crippen molar-refractivity contribution in [1.29, 1.82) is 0 Å². The van der Waals surface area contributed by atoms with Crippen LogP contribution in [0.3, 0.4) is 0 Å². The first kappa shape index (κ1) is 26.4. The molecule has 6 heteroatoms. The summed E-state index contributed by atoms with van der Waals surface area (Å²) in [6, 6.07) is 8.11. The summed E-state index contributed by atoms with van der Waals surface area (Å²) in [5.41, 5.74) is 7.78. The van der Waals surface area contributed by atoms with Crippen molar-refractivity contribution in [3.8, 4) is 0 Å². The summed E-state index contributed by atoms with van der Waals surface area (Å²) < 4.78 is 2.31. The van der Waals surface area contributed by atoms with Crippen LogP contribution < -0.4 is 5.32 Å². The average molecular weight is 491 g/mol. The number of nitrogens with one attached hydrogen (secondary N) is 1. The van der Waals surface area contributed by atoms with Crippen LogP contribution in [0.5, 0.6) is 0 Å². The molecule has 0 radical (unpaired) electrons. The van der Waals surface area contributed by atoms with Crippen LogP contribution in [-0.4, -0.2) is 65.3 Å². The van der Waals surface area contributed by atoms with E-state index in [9.17, 15) is 9.59 Å². The highest BCUT2D eigenvalue weighted by atomic mass is 16.2. The second-order valence-corrected chi connectivity index (χ2v) is 10.6. The second-order valence-electron chi connectivity index (χ2n) is 10.6. The van der Waals surface area contributed by atoms with Gasteiger partial charge in [0.2, 0.25) is 5.91 Å². The third-order valence-corrected chi connectivity index (χ3v) is 7.86. The van der Waals surface area contributed by atoms with Crippen LogP contribution in [0.4, 0.5) is 5.69 Å². The summed E-state index contributed by atoms with van der Waals surface area (Å²) in [5.74, 6) is 0.223. The normalized spacial score (nSPS) is 17.2. The van der Waals surface area contributed by atoms with Crippen molar-refractivity contribution >= 4 is 17.4 Å². The minimum Gasteiger partial charge on any atom is -0.348 e. The van der Waals surface area contributed by atoms with Gasteiger partial charge in [-0.05, 0) is 77.0 Å². The molecule has 0 spiro atoms. The molecule has 36 heavy (non-hydrogen) atoms. The zero-order chi connectivity index (χ0) is 25.7. The van der Waals surface area contributed by atoms with Crippen molar-refractivity contribution in [3.05, 3.63) is 64.0 Å². The maximum Gasteiger partial charge on any atom is 0.238 e. The Morgan fingerprint density at radius 3 is 2.22 bits per heavy atom. The van der Waals surface area contributed by atoms with Crippen LogP contribution in [0.1, 0.15) is 65.0 Å². The fraction of sp³-hybridized carbons (Fsp3) is 0.533. The lowest BCUT2D eigenvalue weighted by Gasteiger charge is -2.33. The molecule has 0 saturated carbocycles. The van der Waals surface area contributed by atoms with Gasteiger partial charge in [0, 0.05) is 55.4 Å². The van der Waals surface area contributed by atoms with Gasteiger partial charge in [-0.15, -0.1) is 0 Å². The van der Waals surface area contributed by atoms with E-state index in [2.05, 4.69) is 45.7 Å². The van der Waals surface area contributed by atoms with E-state index < -0.39 is 0 Å². The number of allylic oxidation sites excluding steroid dienone is 2. The Labute approximate surface area is 216 Å². The van der Waals surface area contributed by atoms with E-state index in [0.29, 0.717) is 13.1 Å². The van der Waals surface area contributed by atoms with Crippen molar-refractivity contribution < 1.29 is 9.59 Å². The minimum atomic E-state index is 0.0216. The minimum absolute atomic E-state index is 0.0216. The summed E-state index contributed by atoms with van der Waals surface area (Å²) in [6.07, 6.45) is 8.57. The monoisotopic (exact) mass is 490 g/mol. The molecule has 1 N–H and O–H groups in total. The molecule has 1 aliphatic carbocycles. The van der Waals surface area contributed by atoms with Crippen molar-refractivity contribution in [2.24, 2.45) is 0 Å². The standard InChI is InChI=1S/C30H42N4O2/c1-22-9-8-10-23(2)30(22)31-29(36)21-33-17-15-32(16-18-33)20-28(35)27-19-24(3)34(25(27)4)14-13-26-11-6-5-7-12-26/h8-11,19H,5-7,12-18,20-21H2,1-4H3,(H,31,36). The van der Waals surface area contributed by atoms with E-state index >= 15 is 0 Å². The molecule has 1 aromatic carbocycles. The number of hydrogen-bond acceptors (Lipinski definition) is 4. The number of ketones is 1. The van der Waals surface area contributed by atoms with Crippen molar-refractivity contribution in [1.82, 2.24) is 14.4 Å². The quantitative estimate of drug-likeness (QED) is 0.395. The molecule has 1 saturated heterocycles. The van der Waals surface area contributed by atoms with Gasteiger partial charge in [-0.25, -0.2) is 0 Å². The second kappa shape index (κ2) is 12.0. The van der Waals surface area contributed by atoms with Gasteiger partial charge in [-0.3, -0.25) is 19.4 Å². The van der Waals surface area contributed by atoms with Gasteiger partial charge >= 0.3 is 0 Å². The molecule has 2 heterocycles. The number of carbonyl (C=O) groups excluding carboxylic acids is 2. The van der Waals surface area contributed by atoms with Crippen LogP contribution in [0.15, 0.2) is 35.9 Å². The van der Waals surface area contributed by atoms with Gasteiger partial charge in [0.15, 0.2) is 5.78 Å². The molecule has 2 aliphatic rings. The van der Waals surface area contributed by atoms with Gasteiger partial charge in [0.05, 0.1) is 13.1 Å². The maximum absolute atomic E-state index is 13.2. The fourth-order valence-electron chi connectivity index (χ4n) is 5.60. The first-order valence-corrected chi connectivity index (χ1v) is 13.5. The predicted octanol–water partition coefficient (Wildman–Crippen LogP) is 5.05. The van der Waals surface area contributed by atoms with Gasteiger partial charge in [-0.1, -0.05) is 29.8 Å². The molecule has 194 valence electrons. The Kier molecular flexibility index (Phi) is 8.81. The summed E-state index contributed by atoms with van der Waals surface area (Å²) in [7, 11) is 0. The molecule has 2 aromatic rings. The lowest BCUT2D eigenvalue weighted by molar-refractivity contribution is -0.117. The highest BCUT2D eigenvalue weighted by molar-refractivity contribution is 5.99. The van der Waals surface area contributed by atoms with E-state index in [1.54, 1.807) is 5.57 Å². The number of rotatable bonds is 9. The van der Waals surface area contributed by atoms with E-state index in [4.69, 9.17) is 0 Å². The molecule has 1 amide bonds. The predicted molar refractivity (Wildman–Crippen MR) is 147 cm³/mol. The highest BCUT2D eigenvalue weighted by Gasteiger charge is 2.23. The molecule has 0 unspecified atom stereocenters. The number of nitrogens with zero attached hydrogens (tertiary/aromatic N) is 3. The Hall–Kier alpha value is -2.70. The lowest BCUT2D eigenvalue weighted by Crippen LogP contribution is -2.49. The molecular weight excluding hydrogens is 448 g/mol. The molecule has 1 fully saturated rings. The largest absolute Gasteiger partial charge is 0.348 e. The Balaban J connectivity index is 1.25. The number of benzene rings is 1. The van der Waals surface area contributed by atoms with Gasteiger partial charge in [0.1, 0.15) is 0 Å². The van der Waals surface area contributed by atoms with Crippen molar-refractivity contribution in [2.75, 3.05) is 44.6 Å². The van der Waals surface area contributed by atoms with E-state index in [1.165, 1.54) is 31.4 Å². The van der Waals surface area contributed by atoms with Crippen molar-refractivity contribution in [2.45, 2.75) is 66.3 Å². The number of Topliss-reactive ketones (excluding diaryl/α,β-unsaturated/α-hetero) is 1. The van der Waals surface area contributed by atoms with Crippen LogP contribution in [-0.2, 0) is 11.3 Å². The third kappa shape index (κ3) is 6.54. The molecule has 0 atom stereocenters. The summed E-state index contributed by atoms with van der Waals surface area (Å²) in [5, 5.41) is 3.08. The van der Waals surface area contributed by atoms with E-state index in [-0.39, 0.29) is 11.7 Å². The maximum atomic E-state index is 13.2. The lowest BCUT2D eigenvalue weighted by atomic mass is 9.97. The summed E-state index contributed by atoms with van der Waals surface area (Å²) >= 11 is 0. The zero-order valence-electron chi connectivity index (χ0n) is 22.5. The first-order chi connectivity index (χ1) is 17.3. The van der Waals surface area contributed by atoms with Crippen LogP contribution in [0.25, 0.3) is 0 Å². The smallest absolute Gasteiger partial charge is 0.238 e. The van der Waals surface area contributed by atoms with E-state index in [1.807, 2.05) is 32.0 Å². The van der Waals surface area contributed by atoms with Crippen LogP contribution in [0, 0.1) is 27.7 Å². The number of amides is 1. The number of piperazine rings is 1. The van der Waals surface area contributed by atoms with Gasteiger partial charge in [-0.2, -0.15) is 0 Å². The molecule has 6 nitrogen and oxygen atoms in total. The third-order valence-electron chi connectivity index (χ3n) is 7.86. The Morgan fingerprint density at radius 2 is 1.58 bits per heavy atom. The SMILES string of the molecule is Cc1cccc(C)c1NC(=O)CN1CCN(CC(=O)c2cc(C)n(CCC3=CCCCC3)c2C)CC1. The first-order valence-electron chi connectivity index (χ1n) is 13.5.